The second-order valence-electron chi connectivity index (χ2n) is 6.70. The van der Waals surface area contributed by atoms with E-state index in [1.165, 1.54) is 0 Å². The largest absolute Gasteiger partial charge is 0.710 e. The number of hydrogen-bond acceptors (Lipinski definition) is 5. The summed E-state index contributed by atoms with van der Waals surface area (Å²) >= 11 is 0. The Morgan fingerprint density at radius 2 is 2.15 bits per heavy atom. The maximum atomic E-state index is 13.1. The van der Waals surface area contributed by atoms with Crippen LogP contribution in [0.25, 0.3) is 10.9 Å². The van der Waals surface area contributed by atoms with E-state index >= 15 is 0 Å². The standard InChI is InChI=1S/C16H19F3N4O3S/c1-27(25,26)21-8-11-3-2-6-22(9-11)15-13-7-12(16(17,18)19)4-5-14(13)23(24)10-20-15/h4-5,7,10-11,21H,2-3,6,8-9H2,1H3. The van der Waals surface area contributed by atoms with Crippen LogP contribution in [-0.2, 0) is 16.2 Å². The van der Waals surface area contributed by atoms with Gasteiger partial charge in [0.2, 0.25) is 10.0 Å². The summed E-state index contributed by atoms with van der Waals surface area (Å²) in [4.78, 5) is 5.87. The van der Waals surface area contributed by atoms with Crippen LogP contribution in [0.3, 0.4) is 0 Å². The fourth-order valence-electron chi connectivity index (χ4n) is 3.27. The molecule has 11 heteroatoms. The van der Waals surface area contributed by atoms with E-state index in [9.17, 15) is 26.8 Å². The molecular weight excluding hydrogens is 385 g/mol. The van der Waals surface area contributed by atoms with Crippen molar-refractivity contribution in [2.24, 2.45) is 5.92 Å². The second kappa shape index (κ2) is 7.12. The Bertz CT molecular complexity index is 950. The fraction of sp³-hybridized carbons (Fsp3) is 0.500. The van der Waals surface area contributed by atoms with Gasteiger partial charge >= 0.3 is 6.18 Å². The van der Waals surface area contributed by atoms with Crippen LogP contribution in [0.1, 0.15) is 18.4 Å². The summed E-state index contributed by atoms with van der Waals surface area (Å²) in [7, 11) is -3.32. The van der Waals surface area contributed by atoms with Crippen molar-refractivity contribution in [3.05, 3.63) is 35.3 Å². The molecule has 0 radical (unpaired) electrons. The monoisotopic (exact) mass is 404 g/mol. The highest BCUT2D eigenvalue weighted by molar-refractivity contribution is 7.88. The normalized spacial score (nSPS) is 18.8. The molecule has 1 aliphatic heterocycles. The van der Waals surface area contributed by atoms with E-state index in [1.54, 1.807) is 4.90 Å². The number of aromatic nitrogens is 2. The highest BCUT2D eigenvalue weighted by atomic mass is 32.2. The molecule has 7 nitrogen and oxygen atoms in total. The van der Waals surface area contributed by atoms with Gasteiger partial charge < -0.3 is 10.1 Å². The van der Waals surface area contributed by atoms with Gasteiger partial charge in [-0.05, 0) is 41.9 Å². The van der Waals surface area contributed by atoms with E-state index in [0.29, 0.717) is 23.6 Å². The third-order valence-corrected chi connectivity index (χ3v) is 5.23. The summed E-state index contributed by atoms with van der Waals surface area (Å²) in [6.07, 6.45) is -0.892. The average Bonchev–Trinajstić information content (AvgIpc) is 2.59. The highest BCUT2D eigenvalue weighted by Crippen LogP contribution is 2.34. The Balaban J connectivity index is 1.94. The van der Waals surface area contributed by atoms with E-state index in [4.69, 9.17) is 0 Å². The fourth-order valence-corrected chi connectivity index (χ4v) is 3.81. The van der Waals surface area contributed by atoms with E-state index in [2.05, 4.69) is 9.71 Å². The number of hydrogen-bond donors (Lipinski definition) is 1. The van der Waals surface area contributed by atoms with Gasteiger partial charge in [-0.15, -0.1) is 0 Å². The lowest BCUT2D eigenvalue weighted by Crippen LogP contribution is -2.41. The van der Waals surface area contributed by atoms with Crippen molar-refractivity contribution in [1.82, 2.24) is 9.71 Å². The third-order valence-electron chi connectivity index (χ3n) is 4.54. The molecule has 1 unspecified atom stereocenters. The summed E-state index contributed by atoms with van der Waals surface area (Å²) in [5.41, 5.74) is -0.749. The summed E-state index contributed by atoms with van der Waals surface area (Å²) in [6, 6.07) is 2.95. The van der Waals surface area contributed by atoms with Gasteiger partial charge in [0.05, 0.1) is 17.2 Å². The summed E-state index contributed by atoms with van der Waals surface area (Å²) in [6.45, 7) is 1.25. The smallest absolute Gasteiger partial charge is 0.416 e. The first-order valence-corrected chi connectivity index (χ1v) is 10.2. The summed E-state index contributed by atoms with van der Waals surface area (Å²) in [5, 5.41) is 12.1. The zero-order valence-electron chi connectivity index (χ0n) is 14.5. The quantitative estimate of drug-likeness (QED) is 0.618. The number of benzene rings is 1. The van der Waals surface area contributed by atoms with Crippen LogP contribution in [0.15, 0.2) is 24.5 Å². The molecule has 1 aromatic carbocycles. The number of piperidine rings is 1. The number of rotatable bonds is 4. The van der Waals surface area contributed by atoms with Gasteiger partial charge in [-0.1, -0.05) is 0 Å². The van der Waals surface area contributed by atoms with E-state index in [0.717, 1.165) is 43.6 Å². The molecule has 0 saturated carbocycles. The number of nitrogens with zero attached hydrogens (tertiary/aromatic N) is 3. The maximum absolute atomic E-state index is 13.1. The van der Waals surface area contributed by atoms with E-state index in [1.807, 2.05) is 0 Å². The van der Waals surface area contributed by atoms with Crippen molar-refractivity contribution in [3.8, 4) is 0 Å². The molecule has 1 saturated heterocycles. The topological polar surface area (TPSA) is 89.2 Å². The molecule has 1 fully saturated rings. The van der Waals surface area contributed by atoms with Crippen LogP contribution in [-0.4, -0.2) is 39.3 Å². The highest BCUT2D eigenvalue weighted by Gasteiger charge is 2.32. The van der Waals surface area contributed by atoms with Crippen molar-refractivity contribution in [2.45, 2.75) is 19.0 Å². The molecule has 0 aliphatic carbocycles. The Kier molecular flexibility index (Phi) is 5.17. The zero-order valence-corrected chi connectivity index (χ0v) is 15.3. The van der Waals surface area contributed by atoms with Crippen molar-refractivity contribution in [1.29, 1.82) is 0 Å². The predicted octanol–water partition coefficient (Wildman–Crippen LogP) is 1.65. The van der Waals surface area contributed by atoms with Gasteiger partial charge in [0, 0.05) is 19.6 Å². The third kappa shape index (κ3) is 4.59. The van der Waals surface area contributed by atoms with Crippen molar-refractivity contribution in [3.63, 3.8) is 0 Å². The summed E-state index contributed by atoms with van der Waals surface area (Å²) in [5.74, 6) is 0.294. The lowest BCUT2D eigenvalue weighted by molar-refractivity contribution is -0.580. The van der Waals surface area contributed by atoms with Gasteiger partial charge in [0.25, 0.3) is 12.1 Å². The molecule has 0 spiro atoms. The van der Waals surface area contributed by atoms with Gasteiger partial charge in [-0.2, -0.15) is 13.2 Å². The Labute approximate surface area is 154 Å². The molecule has 1 aliphatic rings. The Hall–Kier alpha value is -2.14. The first-order valence-electron chi connectivity index (χ1n) is 8.33. The van der Waals surface area contributed by atoms with Crippen molar-refractivity contribution < 1.29 is 26.3 Å². The zero-order chi connectivity index (χ0) is 19.8. The van der Waals surface area contributed by atoms with Crippen LogP contribution in [0.4, 0.5) is 19.0 Å². The van der Waals surface area contributed by atoms with Gasteiger partial charge in [-0.3, -0.25) is 0 Å². The number of fused-ring (bicyclic) bond motifs is 1. The SMILES string of the molecule is CS(=O)(=O)NCC1CCCN(c2nc[n+]([O-])c3ccc(C(F)(F)F)cc23)C1. The molecular formula is C16H19F3N4O3S. The minimum Gasteiger partial charge on any atom is -0.710 e. The lowest BCUT2D eigenvalue weighted by atomic mass is 9.98. The maximum Gasteiger partial charge on any atom is 0.416 e. The molecule has 0 amide bonds. The van der Waals surface area contributed by atoms with Gasteiger partial charge in [0.1, 0.15) is 5.52 Å². The van der Waals surface area contributed by atoms with E-state index in [-0.39, 0.29) is 23.4 Å². The average molecular weight is 404 g/mol. The van der Waals surface area contributed by atoms with Crippen LogP contribution < -0.4 is 14.4 Å². The van der Waals surface area contributed by atoms with Crippen molar-refractivity contribution in [2.75, 3.05) is 30.8 Å². The van der Waals surface area contributed by atoms with Crippen LogP contribution >= 0.6 is 0 Å². The van der Waals surface area contributed by atoms with Gasteiger partial charge in [-0.25, -0.2) is 17.9 Å². The number of nitrogens with one attached hydrogen (secondary N) is 1. The predicted molar refractivity (Wildman–Crippen MR) is 93.5 cm³/mol. The number of anilines is 1. The lowest BCUT2D eigenvalue weighted by Gasteiger charge is -2.32. The molecule has 1 atom stereocenters. The molecule has 0 bridgehead atoms. The molecule has 2 aromatic rings. The molecule has 1 aromatic heterocycles. The van der Waals surface area contributed by atoms with Gasteiger partial charge in [0.15, 0.2) is 0 Å². The molecule has 3 rings (SSSR count). The Morgan fingerprint density at radius 1 is 1.41 bits per heavy atom. The molecule has 1 N–H and O–H groups in total. The minimum absolute atomic E-state index is 0.00398. The van der Waals surface area contributed by atoms with Crippen LogP contribution in [0.5, 0.6) is 0 Å². The first-order chi connectivity index (χ1) is 12.5. The minimum atomic E-state index is -4.53. The summed E-state index contributed by atoms with van der Waals surface area (Å²) < 4.78 is 64.7. The van der Waals surface area contributed by atoms with Crippen LogP contribution in [0, 0.1) is 11.1 Å². The number of sulfonamides is 1. The number of halogens is 3. The van der Waals surface area contributed by atoms with Crippen LogP contribution in [0.2, 0.25) is 0 Å². The molecule has 148 valence electrons. The second-order valence-corrected chi connectivity index (χ2v) is 8.53. The molecule has 2 heterocycles. The van der Waals surface area contributed by atoms with Crippen molar-refractivity contribution >= 4 is 26.7 Å². The first kappa shape index (κ1) is 19.6. The van der Waals surface area contributed by atoms with E-state index < -0.39 is 21.8 Å². The number of alkyl halides is 3. The molecule has 27 heavy (non-hydrogen) atoms. The Morgan fingerprint density at radius 3 is 2.81 bits per heavy atom.